The molecule has 1 atom stereocenters. The van der Waals surface area contributed by atoms with Crippen molar-refractivity contribution in [2.75, 3.05) is 25.4 Å². The molecular weight excluding hydrogens is 312 g/mol. The van der Waals surface area contributed by atoms with Gasteiger partial charge in [-0.25, -0.2) is 4.98 Å². The van der Waals surface area contributed by atoms with Crippen molar-refractivity contribution in [2.45, 2.75) is 39.7 Å². The molecule has 0 saturated carbocycles. The number of nitrogens with one attached hydrogen (secondary N) is 1. The summed E-state index contributed by atoms with van der Waals surface area (Å²) in [5.41, 5.74) is 6.02. The molecule has 1 fully saturated rings. The van der Waals surface area contributed by atoms with Crippen LogP contribution in [0.2, 0.25) is 5.02 Å². The predicted octanol–water partition coefficient (Wildman–Crippen LogP) is 2.80. The van der Waals surface area contributed by atoms with Gasteiger partial charge in [0.05, 0.1) is 10.6 Å². The summed E-state index contributed by atoms with van der Waals surface area (Å²) in [5.74, 6) is 1.37. The van der Waals surface area contributed by atoms with Crippen LogP contribution in [0.3, 0.4) is 0 Å². The number of nitrogen functional groups attached to an aromatic ring is 1. The standard InChI is InChI=1S/C17H27ClN4O/c1-11(2)15(22-6-4-12(3)5-7-22)10-21-17(23)13-8-14(18)16(19)20-9-13/h8-9,11-12,15H,4-7,10H2,1-3H3,(H2,19,20)(H,21,23)/t15-/m0/s1. The molecule has 0 radical (unpaired) electrons. The maximum Gasteiger partial charge on any atom is 0.252 e. The number of carbonyl (C=O) groups excluding carboxylic acids is 1. The van der Waals surface area contributed by atoms with Crippen LogP contribution in [0.1, 0.15) is 44.0 Å². The van der Waals surface area contributed by atoms with Gasteiger partial charge in [0.2, 0.25) is 0 Å². The highest BCUT2D eigenvalue weighted by molar-refractivity contribution is 6.33. The van der Waals surface area contributed by atoms with E-state index in [1.165, 1.54) is 19.0 Å². The zero-order chi connectivity index (χ0) is 17.0. The molecule has 23 heavy (non-hydrogen) atoms. The fourth-order valence-electron chi connectivity index (χ4n) is 3.02. The normalized spacial score (nSPS) is 18.1. The summed E-state index contributed by atoms with van der Waals surface area (Å²) in [5, 5.41) is 3.32. The number of pyridine rings is 1. The van der Waals surface area contributed by atoms with Gasteiger partial charge in [0, 0.05) is 18.8 Å². The molecular formula is C17H27ClN4O. The Kier molecular flexibility index (Phi) is 6.25. The first-order chi connectivity index (χ1) is 10.9. The summed E-state index contributed by atoms with van der Waals surface area (Å²) >= 11 is 5.93. The third-order valence-corrected chi connectivity index (χ3v) is 4.96. The van der Waals surface area contributed by atoms with Crippen molar-refractivity contribution in [3.05, 3.63) is 22.8 Å². The van der Waals surface area contributed by atoms with Crippen molar-refractivity contribution in [3.8, 4) is 0 Å². The number of halogens is 1. The Morgan fingerprint density at radius 3 is 2.70 bits per heavy atom. The minimum Gasteiger partial charge on any atom is -0.382 e. The molecule has 3 N–H and O–H groups in total. The molecule has 1 saturated heterocycles. The third-order valence-electron chi connectivity index (χ3n) is 4.66. The zero-order valence-electron chi connectivity index (χ0n) is 14.2. The maximum absolute atomic E-state index is 12.3. The molecule has 0 aliphatic carbocycles. The average Bonchev–Trinajstić information content (AvgIpc) is 2.51. The Bertz CT molecular complexity index is 541. The number of nitrogens with two attached hydrogens (primary N) is 1. The quantitative estimate of drug-likeness (QED) is 0.866. The van der Waals surface area contributed by atoms with E-state index < -0.39 is 0 Å². The van der Waals surface area contributed by atoms with Crippen LogP contribution in [0.4, 0.5) is 5.82 Å². The number of aromatic nitrogens is 1. The van der Waals surface area contributed by atoms with Gasteiger partial charge in [-0.15, -0.1) is 0 Å². The van der Waals surface area contributed by atoms with Crippen LogP contribution < -0.4 is 11.1 Å². The van der Waals surface area contributed by atoms with Crippen LogP contribution in [-0.2, 0) is 0 Å². The van der Waals surface area contributed by atoms with Crippen LogP contribution in [0.15, 0.2) is 12.3 Å². The number of nitrogens with zero attached hydrogens (tertiary/aromatic N) is 2. The largest absolute Gasteiger partial charge is 0.382 e. The Labute approximate surface area is 143 Å². The summed E-state index contributed by atoms with van der Waals surface area (Å²) in [6.07, 6.45) is 3.92. The predicted molar refractivity (Wildman–Crippen MR) is 94.6 cm³/mol. The second-order valence-corrected chi connectivity index (χ2v) is 7.24. The Balaban J connectivity index is 1.95. The van der Waals surface area contributed by atoms with Crippen LogP contribution in [-0.4, -0.2) is 41.5 Å². The molecule has 1 aromatic rings. The number of rotatable bonds is 5. The summed E-state index contributed by atoms with van der Waals surface area (Å²) < 4.78 is 0. The van der Waals surface area contributed by atoms with Gasteiger partial charge in [0.15, 0.2) is 0 Å². The van der Waals surface area contributed by atoms with E-state index in [1.54, 1.807) is 6.07 Å². The minimum absolute atomic E-state index is 0.157. The van der Waals surface area contributed by atoms with Gasteiger partial charge < -0.3 is 11.1 Å². The summed E-state index contributed by atoms with van der Waals surface area (Å²) in [4.78, 5) is 18.7. The van der Waals surface area contributed by atoms with E-state index >= 15 is 0 Å². The van der Waals surface area contributed by atoms with Gasteiger partial charge in [-0.3, -0.25) is 9.69 Å². The van der Waals surface area contributed by atoms with Crippen LogP contribution in [0.25, 0.3) is 0 Å². The van der Waals surface area contributed by atoms with E-state index in [2.05, 4.69) is 36.0 Å². The molecule has 6 heteroatoms. The van der Waals surface area contributed by atoms with E-state index in [0.29, 0.717) is 29.1 Å². The van der Waals surface area contributed by atoms with Gasteiger partial charge in [0.25, 0.3) is 5.91 Å². The van der Waals surface area contributed by atoms with Crippen molar-refractivity contribution in [1.29, 1.82) is 0 Å². The number of anilines is 1. The molecule has 1 amide bonds. The van der Waals surface area contributed by atoms with Crippen molar-refractivity contribution < 1.29 is 4.79 Å². The van der Waals surface area contributed by atoms with Gasteiger partial charge >= 0.3 is 0 Å². The maximum atomic E-state index is 12.3. The molecule has 1 aromatic heterocycles. The smallest absolute Gasteiger partial charge is 0.252 e. The second kappa shape index (κ2) is 7.97. The molecule has 1 aliphatic heterocycles. The molecule has 0 aromatic carbocycles. The lowest BCUT2D eigenvalue weighted by Gasteiger charge is -2.38. The lowest BCUT2D eigenvalue weighted by atomic mass is 9.94. The van der Waals surface area contributed by atoms with Gasteiger partial charge in [0.1, 0.15) is 5.82 Å². The SMILES string of the molecule is CC1CCN([C@@H](CNC(=O)c2cnc(N)c(Cl)c2)C(C)C)CC1. The lowest BCUT2D eigenvalue weighted by Crippen LogP contribution is -2.49. The minimum atomic E-state index is -0.157. The lowest BCUT2D eigenvalue weighted by molar-refractivity contribution is 0.0862. The molecule has 1 aliphatic rings. The number of piperidine rings is 1. The highest BCUT2D eigenvalue weighted by Crippen LogP contribution is 2.21. The van der Waals surface area contributed by atoms with Gasteiger partial charge in [-0.05, 0) is 43.8 Å². The monoisotopic (exact) mass is 338 g/mol. The first kappa shape index (κ1) is 18.0. The second-order valence-electron chi connectivity index (χ2n) is 6.83. The number of carbonyl (C=O) groups is 1. The number of amides is 1. The molecule has 5 nitrogen and oxygen atoms in total. The van der Waals surface area contributed by atoms with E-state index in [0.717, 1.165) is 19.0 Å². The highest BCUT2D eigenvalue weighted by Gasteiger charge is 2.26. The Morgan fingerprint density at radius 2 is 2.13 bits per heavy atom. The van der Waals surface area contributed by atoms with Crippen molar-refractivity contribution in [3.63, 3.8) is 0 Å². The number of likely N-dealkylation sites (tertiary alicyclic amines) is 1. The fourth-order valence-corrected chi connectivity index (χ4v) is 3.18. The van der Waals surface area contributed by atoms with Crippen molar-refractivity contribution >= 4 is 23.3 Å². The molecule has 0 bridgehead atoms. The molecule has 0 unspecified atom stereocenters. The van der Waals surface area contributed by atoms with E-state index in [1.807, 2.05) is 0 Å². The van der Waals surface area contributed by atoms with E-state index in [4.69, 9.17) is 17.3 Å². The van der Waals surface area contributed by atoms with Crippen molar-refractivity contribution in [2.24, 2.45) is 11.8 Å². The van der Waals surface area contributed by atoms with E-state index in [9.17, 15) is 4.79 Å². The molecule has 128 valence electrons. The van der Waals surface area contributed by atoms with Crippen LogP contribution in [0.5, 0.6) is 0 Å². The Hall–Kier alpha value is -1.33. The number of hydrogen-bond acceptors (Lipinski definition) is 4. The van der Waals surface area contributed by atoms with Crippen molar-refractivity contribution in [1.82, 2.24) is 15.2 Å². The topological polar surface area (TPSA) is 71.2 Å². The van der Waals surface area contributed by atoms with Gasteiger partial charge in [-0.2, -0.15) is 0 Å². The Morgan fingerprint density at radius 1 is 1.48 bits per heavy atom. The molecule has 0 spiro atoms. The third kappa shape index (κ3) is 4.82. The highest BCUT2D eigenvalue weighted by atomic mass is 35.5. The fraction of sp³-hybridized carbons (Fsp3) is 0.647. The first-order valence-corrected chi connectivity index (χ1v) is 8.69. The summed E-state index contributed by atoms with van der Waals surface area (Å²) in [6.45, 7) is 9.56. The summed E-state index contributed by atoms with van der Waals surface area (Å²) in [7, 11) is 0. The van der Waals surface area contributed by atoms with E-state index in [-0.39, 0.29) is 11.7 Å². The zero-order valence-corrected chi connectivity index (χ0v) is 14.9. The van der Waals surface area contributed by atoms with Gasteiger partial charge in [-0.1, -0.05) is 32.4 Å². The van der Waals surface area contributed by atoms with Crippen LogP contribution >= 0.6 is 11.6 Å². The van der Waals surface area contributed by atoms with Crippen LogP contribution in [0, 0.1) is 11.8 Å². The average molecular weight is 339 g/mol. The summed E-state index contributed by atoms with van der Waals surface area (Å²) in [6, 6.07) is 1.91. The molecule has 2 heterocycles. The first-order valence-electron chi connectivity index (χ1n) is 8.31. The number of hydrogen-bond donors (Lipinski definition) is 2. The molecule has 2 rings (SSSR count).